The summed E-state index contributed by atoms with van der Waals surface area (Å²) in [7, 11) is 0. The van der Waals surface area contributed by atoms with E-state index in [9.17, 15) is 22.8 Å². The summed E-state index contributed by atoms with van der Waals surface area (Å²) in [6.45, 7) is 2.85. The quantitative estimate of drug-likeness (QED) is 0.863. The summed E-state index contributed by atoms with van der Waals surface area (Å²) in [6, 6.07) is 4.56. The van der Waals surface area contributed by atoms with Gasteiger partial charge in [0.05, 0.1) is 5.56 Å². The number of carboxylic acids is 1. The van der Waals surface area contributed by atoms with Crippen LogP contribution in [-0.2, 0) is 11.0 Å². The fourth-order valence-electron chi connectivity index (χ4n) is 2.29. The molecule has 2 aromatic rings. The number of aryl methyl sites for hydroxylation is 1. The molecule has 0 bridgehead atoms. The average Bonchev–Trinajstić information content (AvgIpc) is 2.93. The van der Waals surface area contributed by atoms with E-state index in [1.807, 2.05) is 0 Å². The first-order chi connectivity index (χ1) is 11.6. The lowest BCUT2D eigenvalue weighted by Gasteiger charge is -2.17. The first-order valence-corrected chi connectivity index (χ1v) is 7.38. The highest BCUT2D eigenvalue weighted by molar-refractivity contribution is 5.95. The number of aromatic amines is 1. The van der Waals surface area contributed by atoms with Gasteiger partial charge in [0.25, 0.3) is 5.91 Å². The first kappa shape index (κ1) is 18.5. The maximum Gasteiger partial charge on any atom is 0.416 e. The minimum Gasteiger partial charge on any atom is -0.480 e. The molecule has 2 rings (SSSR count). The van der Waals surface area contributed by atoms with Crippen LogP contribution in [-0.4, -0.2) is 44.9 Å². The highest BCUT2D eigenvalue weighted by Gasteiger charge is 2.31. The van der Waals surface area contributed by atoms with Gasteiger partial charge in [-0.3, -0.25) is 9.59 Å². The summed E-state index contributed by atoms with van der Waals surface area (Å²) in [5, 5.41) is 8.84. The number of hydrogen-bond acceptors (Lipinski definition) is 3. The van der Waals surface area contributed by atoms with Crippen molar-refractivity contribution in [2.45, 2.75) is 20.0 Å². The van der Waals surface area contributed by atoms with E-state index in [0.29, 0.717) is 5.69 Å². The molecule has 1 amide bonds. The van der Waals surface area contributed by atoms with Crippen molar-refractivity contribution in [2.24, 2.45) is 0 Å². The minimum absolute atomic E-state index is 0.0180. The maximum absolute atomic E-state index is 12.8. The van der Waals surface area contributed by atoms with Crippen molar-refractivity contribution in [2.75, 3.05) is 13.1 Å². The third kappa shape index (κ3) is 4.17. The largest absolute Gasteiger partial charge is 0.480 e. The Morgan fingerprint density at radius 1 is 1.32 bits per heavy atom. The summed E-state index contributed by atoms with van der Waals surface area (Å²) in [6.07, 6.45) is -4.49. The SMILES string of the molecule is CCN(CC(=O)O)C(=O)c1nc(-c2cccc(C(F)(F)F)c2)[nH]c1C. The summed E-state index contributed by atoms with van der Waals surface area (Å²) in [5.74, 6) is -1.66. The minimum atomic E-state index is -4.49. The number of halogens is 3. The van der Waals surface area contributed by atoms with Crippen molar-refractivity contribution < 1.29 is 27.9 Å². The molecule has 6 nitrogen and oxygen atoms in total. The summed E-state index contributed by atoms with van der Waals surface area (Å²) < 4.78 is 38.5. The van der Waals surface area contributed by atoms with E-state index in [-0.39, 0.29) is 23.6 Å². The Labute approximate surface area is 141 Å². The average molecular weight is 355 g/mol. The van der Waals surface area contributed by atoms with Crippen molar-refractivity contribution in [1.29, 1.82) is 0 Å². The zero-order valence-electron chi connectivity index (χ0n) is 13.5. The number of carbonyl (C=O) groups excluding carboxylic acids is 1. The fourth-order valence-corrected chi connectivity index (χ4v) is 2.29. The van der Waals surface area contributed by atoms with Crippen LogP contribution < -0.4 is 0 Å². The van der Waals surface area contributed by atoms with Crippen LogP contribution in [0.15, 0.2) is 24.3 Å². The van der Waals surface area contributed by atoms with Crippen LogP contribution in [0.25, 0.3) is 11.4 Å². The molecule has 134 valence electrons. The Morgan fingerprint density at radius 3 is 2.56 bits per heavy atom. The number of carboxylic acid groups (broad SMARTS) is 1. The topological polar surface area (TPSA) is 86.3 Å². The van der Waals surface area contributed by atoms with Gasteiger partial charge in [0.1, 0.15) is 18.1 Å². The van der Waals surface area contributed by atoms with E-state index in [4.69, 9.17) is 5.11 Å². The smallest absolute Gasteiger partial charge is 0.416 e. The predicted octanol–water partition coefficient (Wildman–Crippen LogP) is 2.95. The van der Waals surface area contributed by atoms with Crippen LogP contribution in [0.3, 0.4) is 0 Å². The number of nitrogens with zero attached hydrogens (tertiary/aromatic N) is 2. The van der Waals surface area contributed by atoms with Crippen LogP contribution in [0.1, 0.15) is 28.7 Å². The lowest BCUT2D eigenvalue weighted by atomic mass is 10.1. The lowest BCUT2D eigenvalue weighted by molar-refractivity contribution is -0.138. The third-order valence-corrected chi connectivity index (χ3v) is 3.55. The molecule has 0 saturated heterocycles. The number of benzene rings is 1. The van der Waals surface area contributed by atoms with E-state index in [1.54, 1.807) is 13.8 Å². The number of hydrogen-bond donors (Lipinski definition) is 2. The first-order valence-electron chi connectivity index (χ1n) is 7.38. The Kier molecular flexibility index (Phi) is 5.15. The van der Waals surface area contributed by atoms with Gasteiger partial charge in [0, 0.05) is 17.8 Å². The zero-order chi connectivity index (χ0) is 18.8. The number of aromatic nitrogens is 2. The highest BCUT2D eigenvalue weighted by atomic mass is 19.4. The zero-order valence-corrected chi connectivity index (χ0v) is 13.5. The molecule has 0 aliphatic rings. The van der Waals surface area contributed by atoms with Gasteiger partial charge in [-0.2, -0.15) is 13.2 Å². The van der Waals surface area contributed by atoms with E-state index in [2.05, 4.69) is 9.97 Å². The lowest BCUT2D eigenvalue weighted by Crippen LogP contribution is -2.36. The van der Waals surface area contributed by atoms with Crippen LogP contribution in [0.4, 0.5) is 13.2 Å². The molecular formula is C16H16F3N3O3. The molecule has 0 spiro atoms. The standard InChI is InChI=1S/C16H16F3N3O3/c1-3-22(8-12(23)24)15(25)13-9(2)20-14(21-13)10-5-4-6-11(7-10)16(17,18)19/h4-7H,3,8H2,1-2H3,(H,20,21)(H,23,24). The number of likely N-dealkylation sites (N-methyl/N-ethyl adjacent to an activating group) is 1. The molecule has 1 aromatic heterocycles. The van der Waals surface area contributed by atoms with Gasteiger partial charge >= 0.3 is 12.1 Å². The van der Waals surface area contributed by atoms with E-state index < -0.39 is 30.2 Å². The molecule has 0 fully saturated rings. The van der Waals surface area contributed by atoms with Gasteiger partial charge in [0.15, 0.2) is 0 Å². The Balaban J connectivity index is 2.37. The van der Waals surface area contributed by atoms with E-state index >= 15 is 0 Å². The molecule has 0 saturated carbocycles. The predicted molar refractivity (Wildman–Crippen MR) is 83.0 cm³/mol. The van der Waals surface area contributed by atoms with Crippen molar-refractivity contribution in [3.05, 3.63) is 41.2 Å². The van der Waals surface area contributed by atoms with Gasteiger partial charge in [0.2, 0.25) is 0 Å². The Morgan fingerprint density at radius 2 is 2.00 bits per heavy atom. The normalized spacial score (nSPS) is 11.4. The van der Waals surface area contributed by atoms with Crippen LogP contribution in [0.5, 0.6) is 0 Å². The van der Waals surface area contributed by atoms with Gasteiger partial charge < -0.3 is 15.0 Å². The molecule has 1 heterocycles. The van der Waals surface area contributed by atoms with Crippen LogP contribution in [0.2, 0.25) is 0 Å². The Bertz CT molecular complexity index is 799. The van der Waals surface area contributed by atoms with Crippen LogP contribution in [0, 0.1) is 6.92 Å². The molecular weight excluding hydrogens is 339 g/mol. The summed E-state index contributed by atoms with van der Waals surface area (Å²) in [4.78, 5) is 31.2. The van der Waals surface area contributed by atoms with E-state index in [0.717, 1.165) is 17.0 Å². The van der Waals surface area contributed by atoms with Gasteiger partial charge in [-0.1, -0.05) is 12.1 Å². The number of aliphatic carboxylic acids is 1. The molecule has 0 aliphatic carbocycles. The molecule has 0 aliphatic heterocycles. The summed E-state index contributed by atoms with van der Waals surface area (Å²) >= 11 is 0. The van der Waals surface area contributed by atoms with Gasteiger partial charge in [-0.25, -0.2) is 4.98 Å². The molecule has 0 unspecified atom stereocenters. The Hall–Kier alpha value is -2.84. The van der Waals surface area contributed by atoms with Crippen molar-refractivity contribution >= 4 is 11.9 Å². The second kappa shape index (κ2) is 6.96. The van der Waals surface area contributed by atoms with E-state index in [1.165, 1.54) is 12.1 Å². The number of carbonyl (C=O) groups is 2. The molecule has 1 aromatic carbocycles. The number of nitrogens with one attached hydrogen (secondary N) is 1. The molecule has 0 atom stereocenters. The molecule has 9 heteroatoms. The van der Waals surface area contributed by atoms with Crippen molar-refractivity contribution in [3.63, 3.8) is 0 Å². The maximum atomic E-state index is 12.8. The van der Waals surface area contributed by atoms with Crippen molar-refractivity contribution in [1.82, 2.24) is 14.9 Å². The fraction of sp³-hybridized carbons (Fsp3) is 0.312. The van der Waals surface area contributed by atoms with Gasteiger partial charge in [-0.15, -0.1) is 0 Å². The van der Waals surface area contributed by atoms with Crippen molar-refractivity contribution in [3.8, 4) is 11.4 Å². The number of amides is 1. The number of H-pyrrole nitrogens is 1. The second-order valence-corrected chi connectivity index (χ2v) is 5.35. The number of rotatable bonds is 5. The number of alkyl halides is 3. The van der Waals surface area contributed by atoms with Crippen LogP contribution >= 0.6 is 0 Å². The second-order valence-electron chi connectivity index (χ2n) is 5.35. The molecule has 25 heavy (non-hydrogen) atoms. The highest BCUT2D eigenvalue weighted by Crippen LogP contribution is 2.31. The summed E-state index contributed by atoms with van der Waals surface area (Å²) in [5.41, 5.74) is -0.317. The van der Waals surface area contributed by atoms with Gasteiger partial charge in [-0.05, 0) is 26.0 Å². The molecule has 0 radical (unpaired) electrons. The molecule has 2 N–H and O–H groups in total. The third-order valence-electron chi connectivity index (χ3n) is 3.55. The monoisotopic (exact) mass is 355 g/mol. The number of imidazole rings is 1.